The van der Waals surface area contributed by atoms with Crippen molar-refractivity contribution in [3.8, 4) is 0 Å². The van der Waals surface area contributed by atoms with E-state index in [1.165, 1.54) is 0 Å². The summed E-state index contributed by atoms with van der Waals surface area (Å²) >= 11 is 9.28. The average molecular weight is 354 g/mol. The van der Waals surface area contributed by atoms with Crippen LogP contribution in [0.3, 0.4) is 0 Å². The number of methoxy groups -OCH3 is 1. The molecule has 5 nitrogen and oxygen atoms in total. The molecule has 1 aliphatic rings. The van der Waals surface area contributed by atoms with E-state index in [4.69, 9.17) is 16.3 Å². The first-order valence-corrected chi connectivity index (χ1v) is 7.05. The van der Waals surface area contributed by atoms with E-state index in [0.717, 1.165) is 33.3 Å². The van der Waals surface area contributed by atoms with E-state index in [-0.39, 0.29) is 5.28 Å². The molecule has 20 heavy (non-hydrogen) atoms. The number of halogens is 2. The quantitative estimate of drug-likeness (QED) is 0.838. The van der Waals surface area contributed by atoms with Gasteiger partial charge in [-0.15, -0.1) is 0 Å². The fourth-order valence-electron chi connectivity index (χ4n) is 2.03. The van der Waals surface area contributed by atoms with Gasteiger partial charge in [-0.05, 0) is 30.2 Å². The maximum absolute atomic E-state index is 5.78. The van der Waals surface area contributed by atoms with Crippen LogP contribution in [0.5, 0.6) is 0 Å². The van der Waals surface area contributed by atoms with Crippen LogP contribution >= 0.6 is 27.5 Å². The Morgan fingerprint density at radius 2 is 2.25 bits per heavy atom. The number of H-pyrrole nitrogens is 1. The number of hydrogen-bond acceptors (Lipinski definition) is 4. The van der Waals surface area contributed by atoms with Crippen molar-refractivity contribution in [1.29, 1.82) is 0 Å². The van der Waals surface area contributed by atoms with Crippen molar-refractivity contribution in [2.24, 2.45) is 0 Å². The number of fused-ring (bicyclic) bond motifs is 1. The van der Waals surface area contributed by atoms with Crippen molar-refractivity contribution in [2.45, 2.75) is 6.42 Å². The molecule has 2 heterocycles. The molecular formula is C13H10BrClN4O. The van der Waals surface area contributed by atoms with E-state index in [9.17, 15) is 0 Å². The van der Waals surface area contributed by atoms with E-state index in [1.807, 2.05) is 12.2 Å². The van der Waals surface area contributed by atoms with Gasteiger partial charge in [0.05, 0.1) is 18.2 Å². The van der Waals surface area contributed by atoms with Crippen LogP contribution in [0, 0.1) is 0 Å². The molecule has 0 saturated heterocycles. The van der Waals surface area contributed by atoms with Gasteiger partial charge in [-0.2, -0.15) is 10.1 Å². The van der Waals surface area contributed by atoms with E-state index < -0.39 is 0 Å². The van der Waals surface area contributed by atoms with Gasteiger partial charge >= 0.3 is 0 Å². The van der Waals surface area contributed by atoms with Crippen LogP contribution < -0.4 is 0 Å². The molecule has 1 aliphatic carbocycles. The normalized spacial score (nSPS) is 15.4. The van der Waals surface area contributed by atoms with Crippen molar-refractivity contribution in [1.82, 2.24) is 20.2 Å². The maximum atomic E-state index is 5.78. The number of aromatic nitrogens is 4. The Morgan fingerprint density at radius 3 is 3.05 bits per heavy atom. The van der Waals surface area contributed by atoms with Gasteiger partial charge in [-0.3, -0.25) is 5.10 Å². The summed E-state index contributed by atoms with van der Waals surface area (Å²) < 4.78 is 6.43. The molecule has 0 amide bonds. The highest BCUT2D eigenvalue weighted by Gasteiger charge is 2.17. The summed E-state index contributed by atoms with van der Waals surface area (Å²) in [5.74, 6) is 0.774. The van der Waals surface area contributed by atoms with Crippen LogP contribution in [-0.4, -0.2) is 27.3 Å². The van der Waals surface area contributed by atoms with Gasteiger partial charge in [0.1, 0.15) is 5.76 Å². The minimum Gasteiger partial charge on any atom is -0.496 e. The Hall–Kier alpha value is -1.66. The van der Waals surface area contributed by atoms with Crippen LogP contribution in [0.25, 0.3) is 16.6 Å². The summed E-state index contributed by atoms with van der Waals surface area (Å²) in [4.78, 5) is 8.09. The molecule has 0 fully saturated rings. The second kappa shape index (κ2) is 5.38. The zero-order valence-electron chi connectivity index (χ0n) is 10.5. The van der Waals surface area contributed by atoms with E-state index in [0.29, 0.717) is 5.65 Å². The van der Waals surface area contributed by atoms with Crippen molar-refractivity contribution < 1.29 is 4.74 Å². The Bertz CT molecular complexity index is 763. The Kier molecular flexibility index (Phi) is 3.58. The van der Waals surface area contributed by atoms with Gasteiger partial charge in [0.25, 0.3) is 0 Å². The van der Waals surface area contributed by atoms with Gasteiger partial charge in [-0.1, -0.05) is 22.0 Å². The standard InChI is InChI=1S/C13H10BrClN4O/c1-20-10-4-2-3-7(14)5-8(10)11-9-6-16-13(15)17-12(9)19-18-11/h3-6H,2H2,1H3,(H,16,17,18,19). The third-order valence-corrected chi connectivity index (χ3v) is 3.67. The third-order valence-electron chi connectivity index (χ3n) is 2.94. The summed E-state index contributed by atoms with van der Waals surface area (Å²) in [6.07, 6.45) is 8.48. The number of allylic oxidation sites excluding steroid dienone is 5. The average Bonchev–Trinajstić information content (AvgIpc) is 2.74. The summed E-state index contributed by atoms with van der Waals surface area (Å²) in [5, 5.41) is 8.11. The molecule has 1 N–H and O–H groups in total. The minimum atomic E-state index is 0.175. The SMILES string of the molecule is COC1=CCC=C(Br)C=C1c1[nH]nc2nc(Cl)ncc12. The van der Waals surface area contributed by atoms with Crippen LogP contribution in [-0.2, 0) is 4.74 Å². The predicted octanol–water partition coefficient (Wildman–Crippen LogP) is 3.60. The van der Waals surface area contributed by atoms with Gasteiger partial charge < -0.3 is 4.74 Å². The van der Waals surface area contributed by atoms with Crippen molar-refractivity contribution >= 4 is 44.1 Å². The summed E-state index contributed by atoms with van der Waals surface area (Å²) in [7, 11) is 1.64. The number of nitrogens with one attached hydrogen (secondary N) is 1. The van der Waals surface area contributed by atoms with E-state index in [1.54, 1.807) is 13.3 Å². The lowest BCUT2D eigenvalue weighted by Crippen LogP contribution is -1.94. The largest absolute Gasteiger partial charge is 0.496 e. The number of ether oxygens (including phenoxy) is 1. The van der Waals surface area contributed by atoms with Gasteiger partial charge in [-0.25, -0.2) is 4.98 Å². The van der Waals surface area contributed by atoms with Crippen LogP contribution in [0.1, 0.15) is 12.1 Å². The third kappa shape index (κ3) is 2.36. The molecule has 2 aromatic rings. The highest BCUT2D eigenvalue weighted by atomic mass is 79.9. The van der Waals surface area contributed by atoms with Crippen LogP contribution in [0.4, 0.5) is 0 Å². The second-order valence-electron chi connectivity index (χ2n) is 4.13. The number of hydrogen-bond donors (Lipinski definition) is 1. The Labute approximate surface area is 128 Å². The molecule has 0 saturated carbocycles. The molecule has 7 heteroatoms. The minimum absolute atomic E-state index is 0.175. The smallest absolute Gasteiger partial charge is 0.224 e. The van der Waals surface area contributed by atoms with Crippen molar-refractivity contribution in [3.05, 3.63) is 45.6 Å². The lowest BCUT2D eigenvalue weighted by atomic mass is 10.1. The first kappa shape index (κ1) is 13.3. The van der Waals surface area contributed by atoms with Gasteiger partial charge in [0.15, 0.2) is 5.65 Å². The molecule has 0 atom stereocenters. The van der Waals surface area contributed by atoms with Crippen molar-refractivity contribution in [2.75, 3.05) is 7.11 Å². The van der Waals surface area contributed by atoms with E-state index >= 15 is 0 Å². The molecule has 0 aliphatic heterocycles. The van der Waals surface area contributed by atoms with Gasteiger partial charge in [0.2, 0.25) is 5.28 Å². The van der Waals surface area contributed by atoms with Crippen LogP contribution in [0.15, 0.2) is 34.7 Å². The predicted molar refractivity (Wildman–Crippen MR) is 81.4 cm³/mol. The second-order valence-corrected chi connectivity index (χ2v) is 5.38. The monoisotopic (exact) mass is 352 g/mol. The van der Waals surface area contributed by atoms with Crippen molar-refractivity contribution in [3.63, 3.8) is 0 Å². The topological polar surface area (TPSA) is 63.7 Å². The highest BCUT2D eigenvalue weighted by Crippen LogP contribution is 2.32. The fourth-order valence-corrected chi connectivity index (χ4v) is 2.58. The number of nitrogens with zero attached hydrogens (tertiary/aromatic N) is 3. The summed E-state index contributed by atoms with van der Waals surface area (Å²) in [6, 6.07) is 0. The molecule has 0 aromatic carbocycles. The molecule has 0 spiro atoms. The molecule has 2 aromatic heterocycles. The zero-order chi connectivity index (χ0) is 14.1. The fraction of sp³-hybridized carbons (Fsp3) is 0.154. The first-order valence-electron chi connectivity index (χ1n) is 5.88. The zero-order valence-corrected chi connectivity index (χ0v) is 12.9. The molecule has 0 unspecified atom stereocenters. The summed E-state index contributed by atoms with van der Waals surface area (Å²) in [6.45, 7) is 0. The number of rotatable bonds is 2. The Balaban J connectivity index is 2.20. The maximum Gasteiger partial charge on any atom is 0.224 e. The Morgan fingerprint density at radius 1 is 1.40 bits per heavy atom. The molecular weight excluding hydrogens is 344 g/mol. The lowest BCUT2D eigenvalue weighted by Gasteiger charge is -2.08. The summed E-state index contributed by atoms with van der Waals surface area (Å²) in [5.41, 5.74) is 2.22. The lowest BCUT2D eigenvalue weighted by molar-refractivity contribution is 0.309. The first-order chi connectivity index (χ1) is 9.69. The molecule has 0 radical (unpaired) electrons. The van der Waals surface area contributed by atoms with Crippen LogP contribution in [0.2, 0.25) is 5.28 Å². The van der Waals surface area contributed by atoms with Gasteiger partial charge in [0, 0.05) is 16.3 Å². The molecule has 3 rings (SSSR count). The number of aromatic amines is 1. The van der Waals surface area contributed by atoms with E-state index in [2.05, 4.69) is 42.2 Å². The highest BCUT2D eigenvalue weighted by molar-refractivity contribution is 9.11. The molecule has 102 valence electrons. The molecule has 0 bridgehead atoms.